The molecule has 1 N–H and O–H groups in total. The van der Waals surface area contributed by atoms with Gasteiger partial charge >= 0.3 is 6.03 Å². The van der Waals surface area contributed by atoms with E-state index in [1.807, 2.05) is 4.90 Å². The molecule has 29 heavy (non-hydrogen) atoms. The monoisotopic (exact) mass is 399 g/mol. The Bertz CT molecular complexity index is 863. The normalized spacial score (nSPS) is 24.3. The van der Waals surface area contributed by atoms with E-state index in [0.717, 1.165) is 49.1 Å². The highest BCUT2D eigenvalue weighted by Gasteiger charge is 2.52. The topological polar surface area (TPSA) is 69.7 Å². The number of benzene rings is 1. The van der Waals surface area contributed by atoms with E-state index in [2.05, 4.69) is 11.4 Å². The lowest BCUT2D eigenvalue weighted by Crippen LogP contribution is -2.46. The number of allylic oxidation sites excluding steroid dienone is 2. The van der Waals surface area contributed by atoms with Gasteiger partial charge in [-0.05, 0) is 62.6 Å². The van der Waals surface area contributed by atoms with Crippen molar-refractivity contribution in [3.05, 3.63) is 47.4 Å². The van der Waals surface area contributed by atoms with Gasteiger partial charge in [-0.2, -0.15) is 0 Å². The summed E-state index contributed by atoms with van der Waals surface area (Å²) in [6.07, 6.45) is 8.32. The van der Waals surface area contributed by atoms with Gasteiger partial charge in [0.15, 0.2) is 0 Å². The van der Waals surface area contributed by atoms with E-state index >= 15 is 0 Å². The smallest absolute Gasteiger partial charge is 0.319 e. The molecule has 7 heteroatoms. The Hall–Kier alpha value is -2.70. The third-order valence-electron chi connectivity index (χ3n) is 6.09. The van der Waals surface area contributed by atoms with E-state index in [-0.39, 0.29) is 18.5 Å². The Balaban J connectivity index is 1.56. The van der Waals surface area contributed by atoms with Crippen molar-refractivity contribution >= 4 is 17.8 Å². The Morgan fingerprint density at radius 1 is 1.24 bits per heavy atom. The molecule has 1 saturated heterocycles. The molecular formula is C22H26FN3O3. The highest BCUT2D eigenvalue weighted by Crippen LogP contribution is 2.35. The van der Waals surface area contributed by atoms with Gasteiger partial charge in [0.25, 0.3) is 5.91 Å². The predicted octanol–water partition coefficient (Wildman–Crippen LogP) is 3.43. The summed E-state index contributed by atoms with van der Waals surface area (Å²) in [5.41, 5.74) is 0.277. The van der Waals surface area contributed by atoms with Crippen LogP contribution < -0.4 is 5.32 Å². The molecule has 0 radical (unpaired) electrons. The summed E-state index contributed by atoms with van der Waals surface area (Å²) >= 11 is 0. The van der Waals surface area contributed by atoms with Gasteiger partial charge in [-0.3, -0.25) is 14.5 Å². The maximum absolute atomic E-state index is 13.3. The van der Waals surface area contributed by atoms with Gasteiger partial charge in [-0.25, -0.2) is 9.18 Å². The van der Waals surface area contributed by atoms with E-state index in [9.17, 15) is 18.8 Å². The van der Waals surface area contributed by atoms with Gasteiger partial charge in [-0.15, -0.1) is 0 Å². The zero-order valence-corrected chi connectivity index (χ0v) is 16.6. The maximum atomic E-state index is 13.3. The van der Waals surface area contributed by atoms with Crippen molar-refractivity contribution < 1.29 is 18.8 Å². The summed E-state index contributed by atoms with van der Waals surface area (Å²) in [7, 11) is 0. The van der Waals surface area contributed by atoms with Crippen LogP contribution >= 0.6 is 0 Å². The van der Waals surface area contributed by atoms with Crippen LogP contribution in [0.3, 0.4) is 0 Å². The van der Waals surface area contributed by atoms with Crippen molar-refractivity contribution in [3.8, 4) is 0 Å². The predicted molar refractivity (Wildman–Crippen MR) is 105 cm³/mol. The lowest BCUT2D eigenvalue weighted by Gasteiger charge is -2.29. The van der Waals surface area contributed by atoms with E-state index in [1.165, 1.54) is 24.3 Å². The third kappa shape index (κ3) is 3.54. The average molecular weight is 399 g/mol. The number of halogens is 1. The van der Waals surface area contributed by atoms with Crippen molar-refractivity contribution in [1.82, 2.24) is 15.1 Å². The van der Waals surface area contributed by atoms with Crippen molar-refractivity contribution in [2.24, 2.45) is 0 Å². The van der Waals surface area contributed by atoms with Crippen LogP contribution in [-0.4, -0.2) is 40.2 Å². The summed E-state index contributed by atoms with van der Waals surface area (Å²) < 4.78 is 13.3. The first kappa shape index (κ1) is 19.6. The van der Waals surface area contributed by atoms with Gasteiger partial charge in [0.1, 0.15) is 17.9 Å². The number of hydrogen-bond acceptors (Lipinski definition) is 3. The second-order valence-corrected chi connectivity index (χ2v) is 8.02. The molecule has 2 aliphatic carbocycles. The fourth-order valence-corrected chi connectivity index (χ4v) is 4.33. The number of carbonyl (C=O) groups excluding carboxylic acids is 3. The maximum Gasteiger partial charge on any atom is 0.325 e. The van der Waals surface area contributed by atoms with Crippen LogP contribution in [-0.2, 0) is 15.1 Å². The first-order valence-corrected chi connectivity index (χ1v) is 10.4. The quantitative estimate of drug-likeness (QED) is 0.745. The zero-order valence-electron chi connectivity index (χ0n) is 16.6. The SMILES string of the molecule is CCC1(c2ccc(F)cc2)NC(=O)N(CC(=O)N(C2=CCCCC2)C2CC2)C1=O. The van der Waals surface area contributed by atoms with E-state index in [0.29, 0.717) is 12.0 Å². The molecule has 1 aromatic rings. The number of carbonyl (C=O) groups is 3. The summed E-state index contributed by atoms with van der Waals surface area (Å²) in [5, 5.41) is 2.75. The molecule has 4 amide bonds. The number of amides is 4. The summed E-state index contributed by atoms with van der Waals surface area (Å²) in [5.74, 6) is -1.09. The standard InChI is InChI=1S/C22H26FN3O3/c1-2-22(15-8-10-16(23)11-9-15)20(28)25(21(29)24-22)14-19(27)26(18-12-13-18)17-6-4-3-5-7-17/h6,8-11,18H,2-5,7,12-14H2,1H3,(H,24,29). The zero-order chi connectivity index (χ0) is 20.6. The lowest BCUT2D eigenvalue weighted by atomic mass is 9.87. The molecule has 1 atom stereocenters. The molecule has 4 rings (SSSR count). The number of nitrogens with one attached hydrogen (secondary N) is 1. The summed E-state index contributed by atoms with van der Waals surface area (Å²) in [6.45, 7) is 1.51. The van der Waals surface area contributed by atoms with Crippen molar-refractivity contribution in [2.45, 2.75) is 63.5 Å². The molecule has 1 aromatic carbocycles. The Kier molecular flexibility index (Phi) is 5.15. The third-order valence-corrected chi connectivity index (χ3v) is 6.09. The minimum Gasteiger partial charge on any atom is -0.319 e. The minimum absolute atomic E-state index is 0.181. The first-order valence-electron chi connectivity index (χ1n) is 10.4. The molecule has 2 fully saturated rings. The van der Waals surface area contributed by atoms with Crippen LogP contribution in [0.25, 0.3) is 0 Å². The Morgan fingerprint density at radius 2 is 1.97 bits per heavy atom. The largest absolute Gasteiger partial charge is 0.325 e. The van der Waals surface area contributed by atoms with Gasteiger partial charge in [-0.1, -0.05) is 25.1 Å². The lowest BCUT2D eigenvalue weighted by molar-refractivity contribution is -0.138. The molecular weight excluding hydrogens is 373 g/mol. The fourth-order valence-electron chi connectivity index (χ4n) is 4.33. The summed E-state index contributed by atoms with van der Waals surface area (Å²) in [6, 6.07) is 5.15. The number of urea groups is 1. The highest BCUT2D eigenvalue weighted by atomic mass is 19.1. The van der Waals surface area contributed by atoms with Crippen molar-refractivity contribution in [2.75, 3.05) is 6.54 Å². The molecule has 0 bridgehead atoms. The van der Waals surface area contributed by atoms with Gasteiger partial charge in [0.2, 0.25) is 5.91 Å². The molecule has 6 nitrogen and oxygen atoms in total. The van der Waals surface area contributed by atoms with E-state index < -0.39 is 23.3 Å². The Labute approximate surface area is 169 Å². The first-order chi connectivity index (χ1) is 14.0. The molecule has 0 aromatic heterocycles. The fraction of sp³-hybridized carbons (Fsp3) is 0.500. The Morgan fingerprint density at radius 3 is 2.55 bits per heavy atom. The van der Waals surface area contributed by atoms with Crippen LogP contribution in [0.5, 0.6) is 0 Å². The number of nitrogens with zero attached hydrogens (tertiary/aromatic N) is 2. The average Bonchev–Trinajstić information content (AvgIpc) is 3.52. The van der Waals surface area contributed by atoms with Gasteiger partial charge in [0.05, 0.1) is 0 Å². The number of hydrogen-bond donors (Lipinski definition) is 1. The van der Waals surface area contributed by atoms with Gasteiger partial charge in [0, 0.05) is 11.7 Å². The molecule has 1 heterocycles. The number of rotatable bonds is 6. The molecule has 1 unspecified atom stereocenters. The van der Waals surface area contributed by atoms with Crippen molar-refractivity contribution in [1.29, 1.82) is 0 Å². The summed E-state index contributed by atoms with van der Waals surface area (Å²) in [4.78, 5) is 41.8. The van der Waals surface area contributed by atoms with E-state index in [1.54, 1.807) is 6.92 Å². The molecule has 3 aliphatic rings. The second-order valence-electron chi connectivity index (χ2n) is 8.02. The van der Waals surface area contributed by atoms with Crippen LogP contribution in [0.1, 0.15) is 57.4 Å². The molecule has 0 spiro atoms. The van der Waals surface area contributed by atoms with E-state index in [4.69, 9.17) is 0 Å². The molecule has 1 saturated carbocycles. The molecule has 154 valence electrons. The molecule has 1 aliphatic heterocycles. The van der Waals surface area contributed by atoms with Crippen LogP contribution in [0.15, 0.2) is 36.0 Å². The van der Waals surface area contributed by atoms with Gasteiger partial charge < -0.3 is 10.2 Å². The van der Waals surface area contributed by atoms with Crippen molar-refractivity contribution in [3.63, 3.8) is 0 Å². The second kappa shape index (κ2) is 7.61. The van der Waals surface area contributed by atoms with Crippen LogP contribution in [0.2, 0.25) is 0 Å². The highest BCUT2D eigenvalue weighted by molar-refractivity contribution is 6.09. The number of imide groups is 1. The van der Waals surface area contributed by atoms with Crippen LogP contribution in [0.4, 0.5) is 9.18 Å². The minimum atomic E-state index is -1.26. The van der Waals surface area contributed by atoms with Crippen LogP contribution in [0, 0.1) is 5.82 Å².